The van der Waals surface area contributed by atoms with Crippen molar-refractivity contribution in [1.29, 1.82) is 0 Å². The van der Waals surface area contributed by atoms with Gasteiger partial charge in [0.05, 0.1) is 13.2 Å². The molecule has 0 radical (unpaired) electrons. The van der Waals surface area contributed by atoms with Crippen LogP contribution in [0.3, 0.4) is 0 Å². The highest BCUT2D eigenvalue weighted by atomic mass is 32.2. The largest absolute Gasteiger partial charge is 0.380 e. The molecular weight excluding hydrogens is 256 g/mol. The van der Waals surface area contributed by atoms with E-state index < -0.39 is 0 Å². The standard InChI is InChI=1S/C16H18O2S/c1-17-11-13-3-7-15(8-4-13)19-16-9-5-14(6-10-16)12-18-2/h3-10H,11-12H2,1-2H3. The second kappa shape index (κ2) is 7.34. The van der Waals surface area contributed by atoms with Crippen molar-refractivity contribution in [3.63, 3.8) is 0 Å². The van der Waals surface area contributed by atoms with E-state index in [9.17, 15) is 0 Å². The van der Waals surface area contributed by atoms with Gasteiger partial charge in [-0.2, -0.15) is 0 Å². The molecule has 0 amide bonds. The van der Waals surface area contributed by atoms with E-state index in [1.54, 1.807) is 26.0 Å². The molecule has 2 aromatic rings. The molecular formula is C16H18O2S. The Morgan fingerprint density at radius 3 is 1.37 bits per heavy atom. The van der Waals surface area contributed by atoms with Crippen LogP contribution in [0.5, 0.6) is 0 Å². The zero-order valence-corrected chi connectivity index (χ0v) is 12.1. The minimum atomic E-state index is 0.663. The Labute approximate surface area is 118 Å². The van der Waals surface area contributed by atoms with Gasteiger partial charge in [-0.1, -0.05) is 36.0 Å². The van der Waals surface area contributed by atoms with Gasteiger partial charge in [0.2, 0.25) is 0 Å². The summed E-state index contributed by atoms with van der Waals surface area (Å²) in [7, 11) is 3.43. The van der Waals surface area contributed by atoms with E-state index in [0.717, 1.165) is 0 Å². The molecule has 2 nitrogen and oxygen atoms in total. The first-order valence-corrected chi connectivity index (χ1v) is 6.97. The molecule has 0 saturated carbocycles. The van der Waals surface area contributed by atoms with E-state index in [2.05, 4.69) is 48.5 Å². The lowest BCUT2D eigenvalue weighted by Crippen LogP contribution is -1.87. The lowest BCUT2D eigenvalue weighted by Gasteiger charge is -2.05. The van der Waals surface area contributed by atoms with Crippen LogP contribution in [0.2, 0.25) is 0 Å². The second-order valence-corrected chi connectivity index (χ2v) is 5.40. The van der Waals surface area contributed by atoms with E-state index in [4.69, 9.17) is 9.47 Å². The normalized spacial score (nSPS) is 10.6. The summed E-state index contributed by atoms with van der Waals surface area (Å²) in [5.41, 5.74) is 2.39. The number of ether oxygens (including phenoxy) is 2. The summed E-state index contributed by atoms with van der Waals surface area (Å²) in [6.45, 7) is 1.33. The van der Waals surface area contributed by atoms with Gasteiger partial charge in [0.25, 0.3) is 0 Å². The fraction of sp³-hybridized carbons (Fsp3) is 0.250. The molecule has 2 rings (SSSR count). The fourth-order valence-corrected chi connectivity index (χ4v) is 2.59. The topological polar surface area (TPSA) is 18.5 Å². The zero-order valence-electron chi connectivity index (χ0n) is 11.3. The fourth-order valence-electron chi connectivity index (χ4n) is 1.78. The van der Waals surface area contributed by atoms with Crippen LogP contribution in [0.25, 0.3) is 0 Å². The molecule has 0 aliphatic heterocycles. The van der Waals surface area contributed by atoms with Crippen molar-refractivity contribution in [3.8, 4) is 0 Å². The molecule has 0 N–H and O–H groups in total. The first-order chi connectivity index (χ1) is 9.31. The number of hydrogen-bond donors (Lipinski definition) is 0. The highest BCUT2D eigenvalue weighted by molar-refractivity contribution is 7.99. The van der Waals surface area contributed by atoms with Gasteiger partial charge in [-0.3, -0.25) is 0 Å². The Morgan fingerprint density at radius 2 is 1.05 bits per heavy atom. The summed E-state index contributed by atoms with van der Waals surface area (Å²) in [4.78, 5) is 2.47. The van der Waals surface area contributed by atoms with Gasteiger partial charge < -0.3 is 9.47 Å². The third-order valence-corrected chi connectivity index (χ3v) is 3.72. The Hall–Kier alpha value is -1.29. The van der Waals surface area contributed by atoms with Crippen LogP contribution in [-0.4, -0.2) is 14.2 Å². The van der Waals surface area contributed by atoms with Gasteiger partial charge >= 0.3 is 0 Å². The lowest BCUT2D eigenvalue weighted by atomic mass is 10.2. The molecule has 0 saturated heterocycles. The van der Waals surface area contributed by atoms with Crippen molar-refractivity contribution in [1.82, 2.24) is 0 Å². The number of methoxy groups -OCH3 is 2. The Bertz CT molecular complexity index is 444. The summed E-state index contributed by atoms with van der Waals surface area (Å²) in [5, 5.41) is 0. The molecule has 0 aliphatic rings. The van der Waals surface area contributed by atoms with Crippen molar-refractivity contribution < 1.29 is 9.47 Å². The SMILES string of the molecule is COCc1ccc(Sc2ccc(COC)cc2)cc1. The summed E-state index contributed by atoms with van der Waals surface area (Å²) < 4.78 is 10.2. The molecule has 3 heteroatoms. The van der Waals surface area contributed by atoms with Gasteiger partial charge in [-0.25, -0.2) is 0 Å². The molecule has 0 spiro atoms. The molecule has 0 aliphatic carbocycles. The van der Waals surface area contributed by atoms with E-state index >= 15 is 0 Å². The predicted octanol–water partition coefficient (Wildman–Crippen LogP) is 4.13. The van der Waals surface area contributed by atoms with Crippen molar-refractivity contribution >= 4 is 11.8 Å². The van der Waals surface area contributed by atoms with Crippen molar-refractivity contribution in [2.45, 2.75) is 23.0 Å². The van der Waals surface area contributed by atoms with Crippen LogP contribution in [0.15, 0.2) is 58.3 Å². The quantitative estimate of drug-likeness (QED) is 0.789. The zero-order chi connectivity index (χ0) is 13.5. The highest BCUT2D eigenvalue weighted by Crippen LogP contribution is 2.28. The van der Waals surface area contributed by atoms with E-state index in [0.29, 0.717) is 13.2 Å². The van der Waals surface area contributed by atoms with E-state index in [-0.39, 0.29) is 0 Å². The summed E-state index contributed by atoms with van der Waals surface area (Å²) in [6.07, 6.45) is 0. The lowest BCUT2D eigenvalue weighted by molar-refractivity contribution is 0.185. The summed E-state index contributed by atoms with van der Waals surface area (Å²) in [6, 6.07) is 16.9. The number of hydrogen-bond acceptors (Lipinski definition) is 3. The Morgan fingerprint density at radius 1 is 0.684 bits per heavy atom. The maximum absolute atomic E-state index is 5.10. The van der Waals surface area contributed by atoms with Gasteiger partial charge in [0, 0.05) is 24.0 Å². The van der Waals surface area contributed by atoms with Gasteiger partial charge in [-0.15, -0.1) is 0 Å². The van der Waals surface area contributed by atoms with Crippen LogP contribution in [0.1, 0.15) is 11.1 Å². The molecule has 2 aromatic carbocycles. The third-order valence-electron chi connectivity index (χ3n) is 2.70. The first-order valence-electron chi connectivity index (χ1n) is 6.15. The van der Waals surface area contributed by atoms with Crippen LogP contribution in [-0.2, 0) is 22.7 Å². The number of rotatable bonds is 6. The van der Waals surface area contributed by atoms with E-state index in [1.165, 1.54) is 20.9 Å². The smallest absolute Gasteiger partial charge is 0.0713 e. The first kappa shape index (κ1) is 14.1. The summed E-state index contributed by atoms with van der Waals surface area (Å²) >= 11 is 1.76. The Kier molecular flexibility index (Phi) is 5.45. The van der Waals surface area contributed by atoms with Crippen LogP contribution >= 0.6 is 11.8 Å². The maximum atomic E-state index is 5.10. The average molecular weight is 274 g/mol. The van der Waals surface area contributed by atoms with Gasteiger partial charge in [0.15, 0.2) is 0 Å². The maximum Gasteiger partial charge on any atom is 0.0713 e. The molecule has 0 unspecified atom stereocenters. The third kappa shape index (κ3) is 4.39. The van der Waals surface area contributed by atoms with Crippen molar-refractivity contribution in [3.05, 3.63) is 59.7 Å². The molecule has 0 aromatic heterocycles. The molecule has 0 heterocycles. The highest BCUT2D eigenvalue weighted by Gasteiger charge is 1.99. The minimum absolute atomic E-state index is 0.663. The van der Waals surface area contributed by atoms with Crippen molar-refractivity contribution in [2.24, 2.45) is 0 Å². The monoisotopic (exact) mass is 274 g/mol. The van der Waals surface area contributed by atoms with Gasteiger partial charge in [0.1, 0.15) is 0 Å². The van der Waals surface area contributed by atoms with Gasteiger partial charge in [-0.05, 0) is 35.4 Å². The molecule has 0 atom stereocenters. The Balaban J connectivity index is 1.99. The second-order valence-electron chi connectivity index (χ2n) is 4.26. The summed E-state index contributed by atoms with van der Waals surface area (Å²) in [5.74, 6) is 0. The molecule has 0 bridgehead atoms. The predicted molar refractivity (Wildman–Crippen MR) is 78.4 cm³/mol. The van der Waals surface area contributed by atoms with E-state index in [1.807, 2.05) is 0 Å². The molecule has 19 heavy (non-hydrogen) atoms. The number of benzene rings is 2. The minimum Gasteiger partial charge on any atom is -0.380 e. The molecule has 0 fully saturated rings. The van der Waals surface area contributed by atoms with Crippen LogP contribution in [0.4, 0.5) is 0 Å². The van der Waals surface area contributed by atoms with Crippen molar-refractivity contribution in [2.75, 3.05) is 14.2 Å². The van der Waals surface area contributed by atoms with Crippen LogP contribution < -0.4 is 0 Å². The van der Waals surface area contributed by atoms with Crippen LogP contribution in [0, 0.1) is 0 Å². The molecule has 100 valence electrons. The average Bonchev–Trinajstić information content (AvgIpc) is 2.44.